The summed E-state index contributed by atoms with van der Waals surface area (Å²) in [5, 5.41) is 12.7. The lowest BCUT2D eigenvalue weighted by Crippen LogP contribution is -2.44. The van der Waals surface area contributed by atoms with Crippen molar-refractivity contribution in [3.8, 4) is 0 Å². The highest BCUT2D eigenvalue weighted by molar-refractivity contribution is 5.76. The number of unbranched alkanes of at least 4 members (excludes halogenated alkanes) is 3. The molecule has 1 fully saturated rings. The molecule has 0 bridgehead atoms. The van der Waals surface area contributed by atoms with Gasteiger partial charge < -0.3 is 16.2 Å². The van der Waals surface area contributed by atoms with Crippen LogP contribution in [0.3, 0.4) is 0 Å². The maximum Gasteiger partial charge on any atom is 0.220 e. The van der Waals surface area contributed by atoms with E-state index in [0.29, 0.717) is 6.42 Å². The van der Waals surface area contributed by atoms with Gasteiger partial charge in [0.15, 0.2) is 0 Å². The molecule has 1 aliphatic carbocycles. The lowest BCUT2D eigenvalue weighted by Gasteiger charge is -2.28. The topological polar surface area (TPSA) is 75.4 Å². The molecule has 0 aromatic heterocycles. The van der Waals surface area contributed by atoms with E-state index in [0.717, 1.165) is 57.9 Å². The molecule has 4 heteroatoms. The summed E-state index contributed by atoms with van der Waals surface area (Å²) < 4.78 is 0. The molecule has 1 aliphatic rings. The fourth-order valence-electron chi connectivity index (χ4n) is 2.34. The minimum Gasteiger partial charge on any atom is -0.391 e. The molecular formula is C13H26N2O2. The Morgan fingerprint density at radius 1 is 1.18 bits per heavy atom. The van der Waals surface area contributed by atoms with Crippen molar-refractivity contribution in [1.82, 2.24) is 5.32 Å². The van der Waals surface area contributed by atoms with Crippen LogP contribution < -0.4 is 11.1 Å². The van der Waals surface area contributed by atoms with Crippen molar-refractivity contribution >= 4 is 5.91 Å². The molecule has 0 saturated heterocycles. The summed E-state index contributed by atoms with van der Waals surface area (Å²) in [6, 6.07) is -0.0136. The Hall–Kier alpha value is -0.610. The number of carbonyl (C=O) groups excluding carboxylic acids is 1. The fourth-order valence-corrected chi connectivity index (χ4v) is 2.34. The number of hydrogen-bond donors (Lipinski definition) is 3. The van der Waals surface area contributed by atoms with E-state index >= 15 is 0 Å². The Labute approximate surface area is 104 Å². The molecule has 4 nitrogen and oxygen atoms in total. The van der Waals surface area contributed by atoms with Gasteiger partial charge in [-0.05, 0) is 32.2 Å². The molecule has 1 amide bonds. The quantitative estimate of drug-likeness (QED) is 0.589. The molecule has 17 heavy (non-hydrogen) atoms. The predicted octanol–water partition coefficient (Wildman–Crippen LogP) is 1.32. The van der Waals surface area contributed by atoms with Gasteiger partial charge in [-0.15, -0.1) is 0 Å². The number of nitrogens with two attached hydrogens (primary N) is 1. The lowest BCUT2D eigenvalue weighted by atomic mass is 9.92. The highest BCUT2D eigenvalue weighted by Crippen LogP contribution is 2.18. The summed E-state index contributed by atoms with van der Waals surface area (Å²) in [4.78, 5) is 11.6. The molecule has 0 unspecified atom stereocenters. The average molecular weight is 242 g/mol. The Kier molecular flexibility index (Phi) is 7.21. The number of rotatable bonds is 7. The number of carbonyl (C=O) groups is 1. The first-order valence-corrected chi connectivity index (χ1v) is 6.91. The van der Waals surface area contributed by atoms with Crippen LogP contribution in [0.5, 0.6) is 0 Å². The van der Waals surface area contributed by atoms with E-state index in [4.69, 9.17) is 5.73 Å². The van der Waals surface area contributed by atoms with Crippen LogP contribution in [0.2, 0.25) is 0 Å². The largest absolute Gasteiger partial charge is 0.391 e. The number of hydrogen-bond acceptors (Lipinski definition) is 3. The first kappa shape index (κ1) is 14.5. The van der Waals surface area contributed by atoms with Crippen LogP contribution in [0.4, 0.5) is 0 Å². The second kappa shape index (κ2) is 8.48. The van der Waals surface area contributed by atoms with Crippen molar-refractivity contribution in [3.05, 3.63) is 0 Å². The molecular weight excluding hydrogens is 216 g/mol. The normalized spacial score (nSPS) is 24.6. The molecule has 1 rings (SSSR count). The van der Waals surface area contributed by atoms with Crippen LogP contribution in [-0.4, -0.2) is 29.7 Å². The highest BCUT2D eigenvalue weighted by Gasteiger charge is 2.23. The van der Waals surface area contributed by atoms with E-state index < -0.39 is 0 Å². The Morgan fingerprint density at radius 2 is 1.88 bits per heavy atom. The summed E-state index contributed by atoms with van der Waals surface area (Å²) in [6.07, 6.45) is 8.30. The summed E-state index contributed by atoms with van der Waals surface area (Å²) in [6.45, 7) is 0.737. The maximum atomic E-state index is 11.6. The van der Waals surface area contributed by atoms with Crippen molar-refractivity contribution in [2.24, 2.45) is 5.73 Å². The van der Waals surface area contributed by atoms with Crippen LogP contribution >= 0.6 is 0 Å². The molecule has 0 aromatic carbocycles. The first-order valence-electron chi connectivity index (χ1n) is 6.91. The van der Waals surface area contributed by atoms with Gasteiger partial charge in [-0.2, -0.15) is 0 Å². The Balaban J connectivity index is 2.07. The molecule has 0 radical (unpaired) electrons. The summed E-state index contributed by atoms with van der Waals surface area (Å²) >= 11 is 0. The van der Waals surface area contributed by atoms with Gasteiger partial charge in [0.1, 0.15) is 0 Å². The third kappa shape index (κ3) is 6.03. The number of aliphatic hydroxyl groups excluding tert-OH is 1. The Bertz CT molecular complexity index is 221. The molecule has 1 saturated carbocycles. The van der Waals surface area contributed by atoms with Crippen molar-refractivity contribution in [1.29, 1.82) is 0 Å². The second-order valence-electron chi connectivity index (χ2n) is 4.98. The van der Waals surface area contributed by atoms with Gasteiger partial charge in [0.2, 0.25) is 5.91 Å². The van der Waals surface area contributed by atoms with Crippen LogP contribution in [-0.2, 0) is 4.79 Å². The van der Waals surface area contributed by atoms with E-state index in [2.05, 4.69) is 5.32 Å². The van der Waals surface area contributed by atoms with Gasteiger partial charge in [-0.1, -0.05) is 25.7 Å². The van der Waals surface area contributed by atoms with Gasteiger partial charge >= 0.3 is 0 Å². The summed E-state index contributed by atoms with van der Waals surface area (Å²) in [7, 11) is 0. The highest BCUT2D eigenvalue weighted by atomic mass is 16.3. The van der Waals surface area contributed by atoms with Crippen LogP contribution in [0, 0.1) is 0 Å². The van der Waals surface area contributed by atoms with Crippen molar-refractivity contribution in [2.75, 3.05) is 6.54 Å². The monoisotopic (exact) mass is 242 g/mol. The van der Waals surface area contributed by atoms with E-state index in [-0.39, 0.29) is 18.1 Å². The molecule has 2 atom stereocenters. The maximum absolute atomic E-state index is 11.6. The van der Waals surface area contributed by atoms with Gasteiger partial charge in [0.25, 0.3) is 0 Å². The first-order chi connectivity index (χ1) is 8.24. The van der Waals surface area contributed by atoms with E-state index in [9.17, 15) is 9.90 Å². The number of nitrogens with one attached hydrogen (secondary N) is 1. The van der Waals surface area contributed by atoms with E-state index in [1.54, 1.807) is 0 Å². The SMILES string of the molecule is NCCCCCCC(=O)N[C@@H]1CCCC[C@H]1O. The average Bonchev–Trinajstić information content (AvgIpc) is 2.32. The Morgan fingerprint density at radius 3 is 2.59 bits per heavy atom. The number of aliphatic hydroxyl groups is 1. The predicted molar refractivity (Wildman–Crippen MR) is 68.5 cm³/mol. The fraction of sp³-hybridized carbons (Fsp3) is 0.923. The molecule has 0 spiro atoms. The van der Waals surface area contributed by atoms with E-state index in [1.807, 2.05) is 0 Å². The number of amides is 1. The third-order valence-electron chi connectivity index (χ3n) is 3.43. The minimum absolute atomic E-state index is 0.0136. The third-order valence-corrected chi connectivity index (χ3v) is 3.43. The molecule has 100 valence electrons. The second-order valence-corrected chi connectivity index (χ2v) is 4.98. The zero-order valence-electron chi connectivity index (χ0n) is 10.7. The summed E-state index contributed by atoms with van der Waals surface area (Å²) in [5.74, 6) is 0.0868. The van der Waals surface area contributed by atoms with Gasteiger partial charge in [-0.3, -0.25) is 4.79 Å². The smallest absolute Gasteiger partial charge is 0.220 e. The molecule has 0 aromatic rings. The van der Waals surface area contributed by atoms with Crippen LogP contribution in [0.1, 0.15) is 57.8 Å². The van der Waals surface area contributed by atoms with Crippen molar-refractivity contribution in [3.63, 3.8) is 0 Å². The minimum atomic E-state index is -0.343. The van der Waals surface area contributed by atoms with E-state index in [1.165, 1.54) is 0 Å². The zero-order valence-corrected chi connectivity index (χ0v) is 10.7. The van der Waals surface area contributed by atoms with Crippen LogP contribution in [0.15, 0.2) is 0 Å². The lowest BCUT2D eigenvalue weighted by molar-refractivity contribution is -0.123. The molecule has 0 heterocycles. The van der Waals surface area contributed by atoms with Gasteiger partial charge in [-0.25, -0.2) is 0 Å². The summed E-state index contributed by atoms with van der Waals surface area (Å²) in [5.41, 5.74) is 5.40. The van der Waals surface area contributed by atoms with Gasteiger partial charge in [0.05, 0.1) is 12.1 Å². The molecule has 4 N–H and O–H groups in total. The molecule has 0 aliphatic heterocycles. The standard InChI is InChI=1S/C13H26N2O2/c14-10-6-2-1-3-9-13(17)15-11-7-4-5-8-12(11)16/h11-12,16H,1-10,14H2,(H,15,17)/t11-,12-/m1/s1. The van der Waals surface area contributed by atoms with Gasteiger partial charge in [0, 0.05) is 6.42 Å². The zero-order chi connectivity index (χ0) is 12.5. The van der Waals surface area contributed by atoms with Crippen LogP contribution in [0.25, 0.3) is 0 Å². The van der Waals surface area contributed by atoms with Crippen molar-refractivity contribution in [2.45, 2.75) is 69.9 Å². The van der Waals surface area contributed by atoms with Crippen molar-refractivity contribution < 1.29 is 9.90 Å².